The molecule has 0 aliphatic carbocycles. The van der Waals surface area contributed by atoms with E-state index in [-0.39, 0.29) is 17.6 Å². The zero-order chi connectivity index (χ0) is 14.6. The molecule has 0 aromatic heterocycles. The van der Waals surface area contributed by atoms with Crippen LogP contribution < -0.4 is 10.8 Å². The van der Waals surface area contributed by atoms with E-state index < -0.39 is 24.6 Å². The third-order valence-corrected chi connectivity index (χ3v) is 2.21. The number of nitrogens with one attached hydrogen (secondary N) is 1. The lowest BCUT2D eigenvalue weighted by atomic mass is 9.79. The van der Waals surface area contributed by atoms with Gasteiger partial charge in [0, 0.05) is 17.6 Å². The average molecular weight is 269 g/mol. The molecule has 0 unspecified atom stereocenters. The van der Waals surface area contributed by atoms with Crippen molar-refractivity contribution in [2.75, 3.05) is 0 Å². The Balaban J connectivity index is 2.69. The van der Waals surface area contributed by atoms with Gasteiger partial charge in [-0.1, -0.05) is 18.2 Å². The Kier molecular flexibility index (Phi) is 4.91. The molecule has 104 valence electrons. The third kappa shape index (κ3) is 4.88. The molecule has 5 nitrogen and oxygen atoms in total. The van der Waals surface area contributed by atoms with Crippen LogP contribution in [-0.2, 0) is 11.3 Å². The molecule has 0 saturated heterocycles. The summed E-state index contributed by atoms with van der Waals surface area (Å²) < 4.78 is 18.8. The molecule has 7 heteroatoms. The van der Waals surface area contributed by atoms with E-state index in [1.54, 1.807) is 20.8 Å². The van der Waals surface area contributed by atoms with Crippen molar-refractivity contribution in [1.82, 2.24) is 5.32 Å². The van der Waals surface area contributed by atoms with Crippen molar-refractivity contribution in [3.63, 3.8) is 0 Å². The van der Waals surface area contributed by atoms with Crippen LogP contribution in [0.4, 0.5) is 9.18 Å². The number of carbonyl (C=O) groups is 1. The first-order chi connectivity index (χ1) is 8.70. The van der Waals surface area contributed by atoms with Crippen molar-refractivity contribution < 1.29 is 24.0 Å². The van der Waals surface area contributed by atoms with Gasteiger partial charge in [0.25, 0.3) is 0 Å². The highest BCUT2D eigenvalue weighted by atomic mass is 19.1. The molecule has 0 aliphatic rings. The summed E-state index contributed by atoms with van der Waals surface area (Å²) in [5.41, 5.74) is -0.717. The molecule has 0 fully saturated rings. The number of alkyl carbamates (subject to hydrolysis) is 1. The van der Waals surface area contributed by atoms with Crippen molar-refractivity contribution in [2.24, 2.45) is 0 Å². The smallest absolute Gasteiger partial charge is 0.444 e. The molecule has 0 bridgehead atoms. The summed E-state index contributed by atoms with van der Waals surface area (Å²) in [6, 6.07) is 4.18. The highest BCUT2D eigenvalue weighted by Crippen LogP contribution is 2.08. The Hall–Kier alpha value is -1.60. The summed E-state index contributed by atoms with van der Waals surface area (Å²) in [7, 11) is -1.89. The van der Waals surface area contributed by atoms with Gasteiger partial charge in [-0.2, -0.15) is 0 Å². The molecule has 19 heavy (non-hydrogen) atoms. The predicted molar refractivity (Wildman–Crippen MR) is 69.3 cm³/mol. The second kappa shape index (κ2) is 6.03. The van der Waals surface area contributed by atoms with Crippen LogP contribution in [0.15, 0.2) is 18.2 Å². The van der Waals surface area contributed by atoms with Gasteiger partial charge in [-0.05, 0) is 20.8 Å². The molecule has 1 rings (SSSR count). The Bertz CT molecular complexity index is 460. The fourth-order valence-electron chi connectivity index (χ4n) is 1.42. The second-order valence-electron chi connectivity index (χ2n) is 5.05. The molecular formula is C12H17BFNO4. The minimum Gasteiger partial charge on any atom is -0.444 e. The zero-order valence-corrected chi connectivity index (χ0v) is 11.1. The molecule has 0 atom stereocenters. The number of halogens is 1. The van der Waals surface area contributed by atoms with E-state index in [2.05, 4.69) is 5.32 Å². The van der Waals surface area contributed by atoms with Crippen LogP contribution in [0.3, 0.4) is 0 Å². The number of hydrogen-bond donors (Lipinski definition) is 3. The normalized spacial score (nSPS) is 11.1. The zero-order valence-electron chi connectivity index (χ0n) is 11.1. The van der Waals surface area contributed by atoms with Gasteiger partial charge in [0.1, 0.15) is 11.4 Å². The number of ether oxygens (including phenoxy) is 1. The lowest BCUT2D eigenvalue weighted by Gasteiger charge is -2.19. The van der Waals surface area contributed by atoms with Crippen molar-refractivity contribution >= 4 is 18.7 Å². The molecule has 1 aromatic carbocycles. The van der Waals surface area contributed by atoms with Gasteiger partial charge in [-0.25, -0.2) is 9.18 Å². The Labute approximate surface area is 111 Å². The fraction of sp³-hybridized carbons (Fsp3) is 0.417. The lowest BCUT2D eigenvalue weighted by molar-refractivity contribution is 0.0523. The molecule has 1 amide bonds. The molecule has 0 heterocycles. The van der Waals surface area contributed by atoms with Gasteiger partial charge in [-0.15, -0.1) is 0 Å². The number of benzene rings is 1. The Morgan fingerprint density at radius 2 is 2.05 bits per heavy atom. The van der Waals surface area contributed by atoms with Crippen LogP contribution in [0.2, 0.25) is 0 Å². The summed E-state index contributed by atoms with van der Waals surface area (Å²) in [4.78, 5) is 11.4. The van der Waals surface area contributed by atoms with E-state index in [9.17, 15) is 9.18 Å². The molecule has 0 spiro atoms. The van der Waals surface area contributed by atoms with E-state index in [0.717, 1.165) is 0 Å². The predicted octanol–water partition coefficient (Wildman–Crippen LogP) is 0.530. The van der Waals surface area contributed by atoms with Gasteiger partial charge in [0.2, 0.25) is 0 Å². The van der Waals surface area contributed by atoms with Crippen molar-refractivity contribution in [3.05, 3.63) is 29.6 Å². The molecule has 1 aromatic rings. The lowest BCUT2D eigenvalue weighted by Crippen LogP contribution is -2.35. The summed E-state index contributed by atoms with van der Waals surface area (Å²) in [6.45, 7) is 5.06. The first kappa shape index (κ1) is 15.5. The van der Waals surface area contributed by atoms with E-state index in [1.807, 2.05) is 0 Å². The SMILES string of the molecule is CC(C)(C)OC(=O)NCc1cccc(B(O)O)c1F. The summed E-state index contributed by atoms with van der Waals surface area (Å²) in [5, 5.41) is 20.3. The van der Waals surface area contributed by atoms with Gasteiger partial charge < -0.3 is 20.1 Å². The van der Waals surface area contributed by atoms with Gasteiger partial charge in [-0.3, -0.25) is 0 Å². The van der Waals surface area contributed by atoms with Crippen molar-refractivity contribution in [2.45, 2.75) is 32.9 Å². The van der Waals surface area contributed by atoms with E-state index in [0.29, 0.717) is 0 Å². The minimum absolute atomic E-state index is 0.0959. The van der Waals surface area contributed by atoms with Crippen LogP contribution in [0, 0.1) is 5.82 Å². The summed E-state index contributed by atoms with van der Waals surface area (Å²) in [5.74, 6) is -0.756. The van der Waals surface area contributed by atoms with Crippen molar-refractivity contribution in [1.29, 1.82) is 0 Å². The highest BCUT2D eigenvalue weighted by Gasteiger charge is 2.20. The maximum atomic E-state index is 13.8. The molecule has 0 aliphatic heterocycles. The number of amides is 1. The van der Waals surface area contributed by atoms with E-state index in [1.165, 1.54) is 18.2 Å². The topological polar surface area (TPSA) is 78.8 Å². The largest absolute Gasteiger partial charge is 0.491 e. The quantitative estimate of drug-likeness (QED) is 0.699. The number of carbonyl (C=O) groups excluding carboxylic acids is 1. The third-order valence-electron chi connectivity index (χ3n) is 2.21. The van der Waals surface area contributed by atoms with Crippen LogP contribution in [-0.4, -0.2) is 28.9 Å². The molecular weight excluding hydrogens is 252 g/mol. The van der Waals surface area contributed by atoms with Crippen LogP contribution in [0.5, 0.6) is 0 Å². The maximum absolute atomic E-state index is 13.8. The molecule has 3 N–H and O–H groups in total. The van der Waals surface area contributed by atoms with E-state index in [4.69, 9.17) is 14.8 Å². The van der Waals surface area contributed by atoms with Crippen LogP contribution >= 0.6 is 0 Å². The monoisotopic (exact) mass is 269 g/mol. The van der Waals surface area contributed by atoms with E-state index >= 15 is 0 Å². The first-order valence-electron chi connectivity index (χ1n) is 5.81. The Morgan fingerprint density at radius 3 is 2.58 bits per heavy atom. The summed E-state index contributed by atoms with van der Waals surface area (Å²) >= 11 is 0. The Morgan fingerprint density at radius 1 is 1.42 bits per heavy atom. The average Bonchev–Trinajstić information content (AvgIpc) is 2.24. The number of rotatable bonds is 3. The first-order valence-corrected chi connectivity index (χ1v) is 5.81. The van der Waals surface area contributed by atoms with Gasteiger partial charge >= 0.3 is 13.2 Å². The van der Waals surface area contributed by atoms with Gasteiger partial charge in [0.05, 0.1) is 0 Å². The number of hydrogen-bond acceptors (Lipinski definition) is 4. The maximum Gasteiger partial charge on any atom is 0.491 e. The van der Waals surface area contributed by atoms with Crippen LogP contribution in [0.25, 0.3) is 0 Å². The standard InChI is InChI=1S/C12H17BFNO4/c1-12(2,3)19-11(16)15-7-8-5-4-6-9(10(8)14)13(17)18/h4-6,17-18H,7H2,1-3H3,(H,15,16). The van der Waals surface area contributed by atoms with Crippen molar-refractivity contribution in [3.8, 4) is 0 Å². The summed E-state index contributed by atoms with van der Waals surface area (Å²) in [6.07, 6.45) is -0.665. The highest BCUT2D eigenvalue weighted by molar-refractivity contribution is 6.58. The molecule has 0 radical (unpaired) electrons. The fourth-order valence-corrected chi connectivity index (χ4v) is 1.42. The minimum atomic E-state index is -1.89. The van der Waals surface area contributed by atoms with Gasteiger partial charge in [0.15, 0.2) is 0 Å². The second-order valence-corrected chi connectivity index (χ2v) is 5.05. The van der Waals surface area contributed by atoms with Crippen LogP contribution in [0.1, 0.15) is 26.3 Å². The molecule has 0 saturated carbocycles.